The summed E-state index contributed by atoms with van der Waals surface area (Å²) >= 11 is 0. The molecule has 0 radical (unpaired) electrons. The maximum absolute atomic E-state index is 13.4. The van der Waals surface area contributed by atoms with Gasteiger partial charge in [0.2, 0.25) is 0 Å². The van der Waals surface area contributed by atoms with E-state index in [1.54, 1.807) is 25.2 Å². The van der Waals surface area contributed by atoms with Crippen molar-refractivity contribution in [1.29, 1.82) is 10.8 Å². The van der Waals surface area contributed by atoms with E-state index in [0.717, 1.165) is 27.6 Å². The summed E-state index contributed by atoms with van der Waals surface area (Å²) in [5, 5.41) is 22.7. The highest BCUT2D eigenvalue weighted by Crippen LogP contribution is 2.27. The van der Waals surface area contributed by atoms with Gasteiger partial charge in [-0.1, -0.05) is 48.5 Å². The van der Waals surface area contributed by atoms with Gasteiger partial charge in [-0.15, -0.1) is 0 Å². The zero-order valence-electron chi connectivity index (χ0n) is 24.7. The average molecular weight is 590 g/mol. The van der Waals surface area contributed by atoms with E-state index < -0.39 is 11.9 Å². The molecule has 0 bridgehead atoms. The minimum absolute atomic E-state index is 0.0726. The number of amidine groups is 2. The van der Waals surface area contributed by atoms with Crippen molar-refractivity contribution in [3.63, 3.8) is 0 Å². The highest BCUT2D eigenvalue weighted by Gasteiger charge is 2.28. The van der Waals surface area contributed by atoms with Crippen molar-refractivity contribution in [2.75, 3.05) is 14.2 Å². The predicted octanol–water partition coefficient (Wildman–Crippen LogP) is 5.41. The fourth-order valence-corrected chi connectivity index (χ4v) is 5.09. The highest BCUT2D eigenvalue weighted by atomic mass is 16.5. The van der Waals surface area contributed by atoms with Crippen LogP contribution in [0.15, 0.2) is 97.6 Å². The number of nitrogens with one attached hydrogen (secondary N) is 4. The van der Waals surface area contributed by atoms with Crippen molar-refractivity contribution in [3.8, 4) is 11.5 Å². The van der Waals surface area contributed by atoms with Crippen molar-refractivity contribution in [1.82, 2.24) is 25.2 Å². The topological polar surface area (TPSA) is 140 Å². The number of hydrogen-bond acceptors (Lipinski definition) is 7. The first-order valence-electron chi connectivity index (χ1n) is 14.3. The van der Waals surface area contributed by atoms with Crippen molar-refractivity contribution in [2.24, 2.45) is 0 Å². The highest BCUT2D eigenvalue weighted by molar-refractivity contribution is 6.03. The first-order valence-corrected chi connectivity index (χ1v) is 14.3. The summed E-state index contributed by atoms with van der Waals surface area (Å²) in [7, 11) is 3.17. The van der Waals surface area contributed by atoms with E-state index in [-0.39, 0.29) is 23.9 Å². The molecule has 0 saturated heterocycles. The summed E-state index contributed by atoms with van der Waals surface area (Å²) in [6, 6.07) is 22.5. The van der Waals surface area contributed by atoms with Crippen LogP contribution < -0.4 is 14.8 Å². The molecule has 0 fully saturated rings. The van der Waals surface area contributed by atoms with Crippen LogP contribution in [0.2, 0.25) is 0 Å². The number of aromatic amines is 1. The van der Waals surface area contributed by atoms with Crippen LogP contribution in [0.1, 0.15) is 33.6 Å². The fraction of sp³-hybridized carbons (Fsp3) is 0.206. The number of hydrogen-bond donors (Lipinski definition) is 4. The molecule has 5 rings (SSSR count). The van der Waals surface area contributed by atoms with Crippen LogP contribution in [0.4, 0.5) is 0 Å². The molecule has 10 nitrogen and oxygen atoms in total. The Morgan fingerprint density at radius 3 is 2.52 bits per heavy atom. The summed E-state index contributed by atoms with van der Waals surface area (Å²) in [4.78, 5) is 26.5. The Morgan fingerprint density at radius 1 is 0.977 bits per heavy atom. The Morgan fingerprint density at radius 2 is 1.77 bits per heavy atom. The molecule has 0 aliphatic heterocycles. The number of H-pyrrole nitrogens is 1. The van der Waals surface area contributed by atoms with E-state index in [9.17, 15) is 15.6 Å². The van der Waals surface area contributed by atoms with Gasteiger partial charge in [-0.2, -0.15) is 0 Å². The number of para-hydroxylation sites is 1. The zero-order valence-corrected chi connectivity index (χ0v) is 24.7. The molecule has 4 N–H and O–H groups in total. The van der Waals surface area contributed by atoms with Crippen LogP contribution in [0.5, 0.6) is 11.5 Å². The van der Waals surface area contributed by atoms with E-state index in [2.05, 4.69) is 20.3 Å². The quantitative estimate of drug-likeness (QED) is 0.113. The lowest BCUT2D eigenvalue weighted by molar-refractivity contribution is 0.0940. The second-order valence-electron chi connectivity index (χ2n) is 10.3. The number of ether oxygens (including phenoxy) is 2. The van der Waals surface area contributed by atoms with E-state index >= 15 is 0 Å². The van der Waals surface area contributed by atoms with Gasteiger partial charge in [0, 0.05) is 54.0 Å². The maximum atomic E-state index is 13.4. The molecule has 1 amide bonds. The van der Waals surface area contributed by atoms with Crippen LogP contribution in [-0.2, 0) is 19.4 Å². The Hall–Kier alpha value is -5.51. The molecular formula is C34H35N7O3. The number of carbonyl (C=O) groups is 1. The van der Waals surface area contributed by atoms with Crippen molar-refractivity contribution < 1.29 is 14.3 Å². The van der Waals surface area contributed by atoms with Crippen molar-refractivity contribution in [2.45, 2.75) is 31.8 Å². The summed E-state index contributed by atoms with van der Waals surface area (Å²) < 4.78 is 11.0. The summed E-state index contributed by atoms with van der Waals surface area (Å²) in [5.41, 5.74) is 3.91. The smallest absolute Gasteiger partial charge is 0.272 e. The number of carbonyl (C=O) groups excluding carboxylic acids is 1. The molecule has 0 unspecified atom stereocenters. The van der Waals surface area contributed by atoms with Crippen molar-refractivity contribution >= 4 is 28.5 Å². The number of amides is 1. The molecule has 44 heavy (non-hydrogen) atoms. The Bertz CT molecular complexity index is 1740. The SMILES string of the molecule is COc1ccc(CN(C(=N)CCc2ccccc2)C(=N)[C@@H](Cc2c[nH]c3ccccc23)NC(=O)c2cnccn2)c(OC)c1. The number of methoxy groups -OCH3 is 2. The predicted molar refractivity (Wildman–Crippen MR) is 171 cm³/mol. The molecule has 1 atom stereocenters. The number of rotatable bonds is 12. The van der Waals surface area contributed by atoms with Crippen LogP contribution in [0, 0.1) is 10.8 Å². The van der Waals surface area contributed by atoms with Crippen molar-refractivity contribution in [3.05, 3.63) is 120 Å². The molecule has 0 saturated carbocycles. The van der Waals surface area contributed by atoms with Gasteiger partial charge in [0.1, 0.15) is 28.9 Å². The third-order valence-electron chi connectivity index (χ3n) is 7.46. The minimum Gasteiger partial charge on any atom is -0.497 e. The van der Waals surface area contributed by atoms with Crippen LogP contribution >= 0.6 is 0 Å². The lowest BCUT2D eigenvalue weighted by atomic mass is 10.0. The van der Waals surface area contributed by atoms with E-state index in [1.807, 2.05) is 72.9 Å². The van der Waals surface area contributed by atoms with Gasteiger partial charge in [-0.05, 0) is 35.7 Å². The second-order valence-corrected chi connectivity index (χ2v) is 10.3. The van der Waals surface area contributed by atoms with E-state index in [0.29, 0.717) is 30.8 Å². The zero-order chi connectivity index (χ0) is 30.9. The lowest BCUT2D eigenvalue weighted by Gasteiger charge is -2.31. The number of aromatic nitrogens is 3. The molecule has 224 valence electrons. The molecule has 0 aliphatic rings. The second kappa shape index (κ2) is 14.1. The van der Waals surface area contributed by atoms with Gasteiger partial charge < -0.3 is 24.7 Å². The van der Waals surface area contributed by atoms with Gasteiger partial charge in [-0.3, -0.25) is 20.6 Å². The molecule has 0 spiro atoms. The van der Waals surface area contributed by atoms with Crippen LogP contribution in [-0.4, -0.2) is 57.7 Å². The molecule has 10 heteroatoms. The molecule has 5 aromatic rings. The molecule has 2 heterocycles. The number of aryl methyl sites for hydroxylation is 1. The third kappa shape index (κ3) is 7.09. The summed E-state index contributed by atoms with van der Waals surface area (Å²) in [5.74, 6) is 1.08. The Balaban J connectivity index is 1.49. The average Bonchev–Trinajstić information content (AvgIpc) is 3.48. The maximum Gasteiger partial charge on any atom is 0.272 e. The van der Waals surface area contributed by atoms with Gasteiger partial charge in [0.05, 0.1) is 33.0 Å². The monoisotopic (exact) mass is 589 g/mol. The number of fused-ring (bicyclic) bond motifs is 1. The Kier molecular flexibility index (Phi) is 9.61. The lowest BCUT2D eigenvalue weighted by Crippen LogP contribution is -2.51. The molecule has 2 aromatic heterocycles. The van der Waals surface area contributed by atoms with Gasteiger partial charge in [-0.25, -0.2) is 4.98 Å². The molecule has 3 aromatic carbocycles. The van der Waals surface area contributed by atoms with E-state index in [4.69, 9.17) is 9.47 Å². The molecule has 0 aliphatic carbocycles. The van der Waals surface area contributed by atoms with Gasteiger partial charge >= 0.3 is 0 Å². The largest absolute Gasteiger partial charge is 0.497 e. The molecular weight excluding hydrogens is 554 g/mol. The van der Waals surface area contributed by atoms with Gasteiger partial charge in [0.25, 0.3) is 5.91 Å². The number of benzene rings is 3. The number of nitrogens with zero attached hydrogens (tertiary/aromatic N) is 3. The van der Waals surface area contributed by atoms with Crippen LogP contribution in [0.3, 0.4) is 0 Å². The van der Waals surface area contributed by atoms with Crippen LogP contribution in [0.25, 0.3) is 10.9 Å². The first-order chi connectivity index (χ1) is 21.5. The Labute approximate surface area is 256 Å². The fourth-order valence-electron chi connectivity index (χ4n) is 5.09. The van der Waals surface area contributed by atoms with Gasteiger partial charge in [0.15, 0.2) is 0 Å². The normalized spacial score (nSPS) is 11.5. The minimum atomic E-state index is -0.787. The standard InChI is InChI=1S/C34H35N7O3/c1-43-26-14-13-24(31(19-26)44-2)22-41(32(35)15-12-23-8-4-3-5-9-23)33(36)29(40-34(42)30-21-37-16-17-38-30)18-25-20-39-28-11-7-6-10-27(25)28/h3-11,13-14,16-17,19-21,29,35-36,39H,12,15,18,22H2,1-2H3,(H,40,42)/t29-/m1/s1. The van der Waals surface area contributed by atoms with E-state index in [1.165, 1.54) is 18.6 Å². The first kappa shape index (κ1) is 30.0. The summed E-state index contributed by atoms with van der Waals surface area (Å²) in [6.07, 6.45) is 7.58. The third-order valence-corrected chi connectivity index (χ3v) is 7.46. The summed E-state index contributed by atoms with van der Waals surface area (Å²) in [6.45, 7) is 0.186.